The van der Waals surface area contributed by atoms with Crippen molar-refractivity contribution in [2.45, 2.75) is 58.7 Å². The monoisotopic (exact) mass is 380 g/mol. The molecule has 0 amide bonds. The van der Waals surface area contributed by atoms with Crippen LogP contribution in [0.4, 0.5) is 0 Å². The molecule has 152 valence electrons. The van der Waals surface area contributed by atoms with Gasteiger partial charge in [0, 0.05) is 6.42 Å². The molecular formula is C21H32O6. The predicted molar refractivity (Wildman–Crippen MR) is 103 cm³/mol. The van der Waals surface area contributed by atoms with Crippen molar-refractivity contribution in [3.63, 3.8) is 0 Å². The number of carbonyl (C=O) groups is 2. The summed E-state index contributed by atoms with van der Waals surface area (Å²) in [6, 6.07) is 0. The number of Topliss-reactive ketones (excluding diaryl/α,β-unsaturated/α-hetero) is 1. The first-order chi connectivity index (χ1) is 12.6. The van der Waals surface area contributed by atoms with Gasteiger partial charge in [-0.25, -0.2) is 0 Å². The van der Waals surface area contributed by atoms with Crippen LogP contribution >= 0.6 is 0 Å². The van der Waals surface area contributed by atoms with Crippen molar-refractivity contribution in [1.29, 1.82) is 0 Å². The Hall–Kier alpha value is -1.92. The molecule has 1 aliphatic rings. The third-order valence-corrected chi connectivity index (χ3v) is 4.82. The molecule has 1 rings (SSSR count). The molecule has 0 bridgehead atoms. The largest absolute Gasteiger partial charge is 0.501 e. The van der Waals surface area contributed by atoms with Gasteiger partial charge in [-0.15, -0.1) is 0 Å². The Morgan fingerprint density at radius 3 is 2.52 bits per heavy atom. The highest BCUT2D eigenvalue weighted by molar-refractivity contribution is 6.03. The minimum atomic E-state index is -2.12. The number of rotatable bonds is 3. The van der Waals surface area contributed by atoms with Crippen LogP contribution < -0.4 is 0 Å². The Balaban J connectivity index is 3.38. The zero-order valence-electron chi connectivity index (χ0n) is 16.9. The molecule has 0 saturated carbocycles. The number of hydrogen-bond donors (Lipinski definition) is 2. The molecule has 6 nitrogen and oxygen atoms in total. The number of aliphatic hydroxyl groups excluding tert-OH is 1. The van der Waals surface area contributed by atoms with Crippen LogP contribution in [0.3, 0.4) is 0 Å². The van der Waals surface area contributed by atoms with Crippen LogP contribution in [0.2, 0.25) is 0 Å². The average Bonchev–Trinajstić information content (AvgIpc) is 2.62. The van der Waals surface area contributed by atoms with Crippen molar-refractivity contribution >= 4 is 11.8 Å². The smallest absolute Gasteiger partial charge is 0.316 e. The third kappa shape index (κ3) is 6.04. The van der Waals surface area contributed by atoms with Gasteiger partial charge in [0.15, 0.2) is 11.4 Å². The molecule has 0 radical (unpaired) electrons. The fourth-order valence-electron chi connectivity index (χ4n) is 3.22. The first kappa shape index (κ1) is 23.1. The molecular weight excluding hydrogens is 348 g/mol. The van der Waals surface area contributed by atoms with E-state index in [2.05, 4.69) is 6.58 Å². The predicted octanol–water partition coefficient (Wildman–Crippen LogP) is 2.70. The lowest BCUT2D eigenvalue weighted by atomic mass is 9.86. The van der Waals surface area contributed by atoms with Crippen molar-refractivity contribution in [1.82, 2.24) is 0 Å². The zero-order valence-corrected chi connectivity index (χ0v) is 16.9. The Labute approximate surface area is 161 Å². The summed E-state index contributed by atoms with van der Waals surface area (Å²) < 4.78 is 10.8. The van der Waals surface area contributed by atoms with Gasteiger partial charge in [-0.05, 0) is 44.3 Å². The lowest BCUT2D eigenvalue weighted by Crippen LogP contribution is -2.48. The van der Waals surface area contributed by atoms with Gasteiger partial charge in [0.25, 0.3) is 0 Å². The third-order valence-electron chi connectivity index (χ3n) is 4.82. The second-order valence-corrected chi connectivity index (χ2v) is 7.35. The lowest BCUT2D eigenvalue weighted by molar-refractivity contribution is -0.162. The van der Waals surface area contributed by atoms with Crippen molar-refractivity contribution in [2.24, 2.45) is 11.8 Å². The van der Waals surface area contributed by atoms with Gasteiger partial charge in [0.1, 0.15) is 12.0 Å². The molecule has 1 heterocycles. The van der Waals surface area contributed by atoms with Gasteiger partial charge >= 0.3 is 5.97 Å². The average molecular weight is 380 g/mol. The van der Waals surface area contributed by atoms with Crippen molar-refractivity contribution in [3.05, 3.63) is 35.6 Å². The summed E-state index contributed by atoms with van der Waals surface area (Å²) in [5.74, 6) is -2.33. The number of hydrogen-bond acceptors (Lipinski definition) is 6. The molecule has 0 saturated heterocycles. The summed E-state index contributed by atoms with van der Waals surface area (Å²) in [5, 5.41) is 20.4. The van der Waals surface area contributed by atoms with Gasteiger partial charge in [-0.2, -0.15) is 0 Å². The topological polar surface area (TPSA) is 93.1 Å². The highest BCUT2D eigenvalue weighted by atomic mass is 16.5. The van der Waals surface area contributed by atoms with E-state index in [1.807, 2.05) is 26.8 Å². The van der Waals surface area contributed by atoms with E-state index in [0.717, 1.165) is 11.1 Å². The van der Waals surface area contributed by atoms with E-state index < -0.39 is 36.0 Å². The number of esters is 1. The molecule has 0 spiro atoms. The Morgan fingerprint density at radius 1 is 1.37 bits per heavy atom. The molecule has 0 aromatic carbocycles. The van der Waals surface area contributed by atoms with Gasteiger partial charge in [-0.1, -0.05) is 32.1 Å². The number of aliphatic hydroxyl groups is 2. The van der Waals surface area contributed by atoms with Crippen LogP contribution in [-0.2, 0) is 19.1 Å². The second-order valence-electron chi connectivity index (χ2n) is 7.35. The number of cyclic esters (lactones) is 1. The Bertz CT molecular complexity index is 633. The minimum Gasteiger partial charge on any atom is -0.501 e. The molecule has 2 N–H and O–H groups in total. The molecule has 0 unspecified atom stereocenters. The number of ether oxygens (including phenoxy) is 2. The summed E-state index contributed by atoms with van der Waals surface area (Å²) in [7, 11) is 1.44. The summed E-state index contributed by atoms with van der Waals surface area (Å²) in [6.07, 6.45) is 4.19. The second kappa shape index (κ2) is 9.85. The van der Waals surface area contributed by atoms with E-state index in [9.17, 15) is 19.8 Å². The molecule has 4 atom stereocenters. The molecule has 1 aliphatic heterocycles. The van der Waals surface area contributed by atoms with E-state index in [0.29, 0.717) is 18.6 Å². The maximum Gasteiger partial charge on any atom is 0.316 e. The van der Waals surface area contributed by atoms with Gasteiger partial charge in [0.2, 0.25) is 0 Å². The van der Waals surface area contributed by atoms with Crippen molar-refractivity contribution < 1.29 is 29.3 Å². The number of carbonyl (C=O) groups excluding carboxylic acids is 2. The normalized spacial score (nSPS) is 31.5. The minimum absolute atomic E-state index is 0.0394. The fraction of sp³-hybridized carbons (Fsp3) is 0.619. The van der Waals surface area contributed by atoms with E-state index in [1.165, 1.54) is 14.0 Å². The van der Waals surface area contributed by atoms with E-state index >= 15 is 0 Å². The van der Waals surface area contributed by atoms with E-state index in [1.54, 1.807) is 6.08 Å². The van der Waals surface area contributed by atoms with Crippen LogP contribution in [-0.4, -0.2) is 47.4 Å². The standard InChI is InChI=1S/C21H32O6/c1-7-18-15(4)9-13(2)8-14(3)10-17(26-6)11-21(25,12-22)19(23)16(5)20(24)27-18/h9-10,14,16,18,22,25H,2,7-8,11-12H2,1,3-6H3/t14-,16+,18-,21+/m0/s1. The van der Waals surface area contributed by atoms with Crippen LogP contribution in [0.25, 0.3) is 0 Å². The number of ketones is 1. The maximum atomic E-state index is 12.7. The molecule has 0 aromatic rings. The Morgan fingerprint density at radius 2 is 2.00 bits per heavy atom. The summed E-state index contributed by atoms with van der Waals surface area (Å²) in [6.45, 7) is 10.3. The summed E-state index contributed by atoms with van der Waals surface area (Å²) in [5.41, 5.74) is -0.402. The van der Waals surface area contributed by atoms with E-state index in [-0.39, 0.29) is 12.3 Å². The van der Waals surface area contributed by atoms with Crippen LogP contribution in [0.15, 0.2) is 35.6 Å². The fourth-order valence-corrected chi connectivity index (χ4v) is 3.22. The molecule has 0 aliphatic carbocycles. The number of methoxy groups -OCH3 is 1. The van der Waals surface area contributed by atoms with Gasteiger partial charge in [-0.3, -0.25) is 9.59 Å². The summed E-state index contributed by atoms with van der Waals surface area (Å²) >= 11 is 0. The highest BCUT2D eigenvalue weighted by Gasteiger charge is 2.42. The first-order valence-electron chi connectivity index (χ1n) is 9.26. The van der Waals surface area contributed by atoms with Gasteiger partial charge < -0.3 is 19.7 Å². The van der Waals surface area contributed by atoms with Crippen LogP contribution in [0.5, 0.6) is 0 Å². The van der Waals surface area contributed by atoms with E-state index in [4.69, 9.17) is 9.47 Å². The molecule has 27 heavy (non-hydrogen) atoms. The molecule has 0 aromatic heterocycles. The molecule has 0 fully saturated rings. The lowest BCUT2D eigenvalue weighted by Gasteiger charge is -2.29. The molecule has 6 heteroatoms. The summed E-state index contributed by atoms with van der Waals surface area (Å²) in [4.78, 5) is 25.2. The first-order valence-corrected chi connectivity index (χ1v) is 9.26. The van der Waals surface area contributed by atoms with Crippen molar-refractivity contribution in [2.75, 3.05) is 13.7 Å². The van der Waals surface area contributed by atoms with Crippen molar-refractivity contribution in [3.8, 4) is 0 Å². The van der Waals surface area contributed by atoms with Crippen LogP contribution in [0, 0.1) is 11.8 Å². The van der Waals surface area contributed by atoms with Crippen LogP contribution in [0.1, 0.15) is 47.0 Å². The SMILES string of the molecule is C=C1C=C(C)[C@H](CC)OC(=O)[C@H](C)C(=O)[C@](O)(CO)CC(OC)=C[C@@H](C)C1. The quantitative estimate of drug-likeness (QED) is 0.578. The van der Waals surface area contributed by atoms with Gasteiger partial charge in [0.05, 0.1) is 19.5 Å². The zero-order chi connectivity index (χ0) is 20.8. The number of allylic oxidation sites excluding steroid dienone is 3. The Kier molecular flexibility index (Phi) is 8.44. The highest BCUT2D eigenvalue weighted by Crippen LogP contribution is 2.27. The maximum absolute atomic E-state index is 12.7.